The smallest absolute Gasteiger partial charge is 0.332 e. The van der Waals surface area contributed by atoms with Crippen LogP contribution in [-0.4, -0.2) is 40.4 Å². The molecular weight excluding hydrogens is 511 g/mol. The highest BCUT2D eigenvalue weighted by molar-refractivity contribution is 6.03. The number of hydrogen-bond donors (Lipinski definition) is 0. The van der Waals surface area contributed by atoms with E-state index in [0.29, 0.717) is 40.3 Å². The van der Waals surface area contributed by atoms with Crippen molar-refractivity contribution in [1.29, 1.82) is 0 Å². The van der Waals surface area contributed by atoms with Gasteiger partial charge in [0.1, 0.15) is 41.6 Å². The fourth-order valence-electron chi connectivity index (χ4n) is 5.09. The first-order valence-corrected chi connectivity index (χ1v) is 13.8. The number of fused-ring (bicyclic) bond motifs is 1. The predicted molar refractivity (Wildman–Crippen MR) is 150 cm³/mol. The van der Waals surface area contributed by atoms with Gasteiger partial charge in [0.05, 0.1) is 11.7 Å². The third-order valence-corrected chi connectivity index (χ3v) is 6.94. The number of nitrogens with zero attached hydrogens (tertiary/aromatic N) is 2. The molecule has 0 N–H and O–H groups in total. The average Bonchev–Trinajstić information content (AvgIpc) is 3.32. The quantitative estimate of drug-likeness (QED) is 0.214. The third-order valence-electron chi connectivity index (χ3n) is 6.94. The number of esters is 1. The Morgan fingerprint density at radius 2 is 1.80 bits per heavy atom. The van der Waals surface area contributed by atoms with E-state index in [9.17, 15) is 9.18 Å². The Kier molecular flexibility index (Phi) is 8.17. The molecule has 0 radical (unpaired) electrons. The van der Waals surface area contributed by atoms with Gasteiger partial charge >= 0.3 is 5.97 Å². The van der Waals surface area contributed by atoms with Gasteiger partial charge in [0.25, 0.3) is 0 Å². The summed E-state index contributed by atoms with van der Waals surface area (Å²) in [7, 11) is 0. The van der Waals surface area contributed by atoms with Crippen molar-refractivity contribution < 1.29 is 27.8 Å². The molecule has 2 heterocycles. The van der Waals surface area contributed by atoms with Crippen LogP contribution in [0.1, 0.15) is 58.9 Å². The minimum atomic E-state index is -0.558. The van der Waals surface area contributed by atoms with E-state index in [0.717, 1.165) is 31.2 Å². The Labute approximate surface area is 233 Å². The average molecular weight is 547 g/mol. The highest BCUT2D eigenvalue weighted by atomic mass is 19.1. The standard InChI is InChI=1S/C32H35FN2O5/c1-5-20-13-15-21(16-14-20)27-28-30(34-19-35-31(28)39-29(27)24-11-6-7-12-25(24)33)38-23-10-8-9-22(17-23)37-18-26(36)40-32(2,3)4/h6-7,11-16,19,22-23H,5,8-10,17-18H2,1-4H3. The molecule has 1 saturated carbocycles. The number of ether oxygens (including phenoxy) is 3. The SMILES string of the molecule is CCc1ccc(-c2c(-c3ccccc3F)oc3ncnc(OC4CCCC(OCC(=O)OC(C)(C)C)C4)c23)cc1. The highest BCUT2D eigenvalue weighted by Crippen LogP contribution is 2.44. The number of furan rings is 1. The van der Waals surface area contributed by atoms with Gasteiger partial charge in [0, 0.05) is 12.0 Å². The Balaban J connectivity index is 1.46. The Bertz CT molecular complexity index is 1480. The van der Waals surface area contributed by atoms with Gasteiger partial charge in [0.2, 0.25) is 11.6 Å². The van der Waals surface area contributed by atoms with E-state index >= 15 is 0 Å². The second kappa shape index (κ2) is 11.8. The Hall–Kier alpha value is -3.78. The van der Waals surface area contributed by atoms with Gasteiger partial charge in [-0.1, -0.05) is 43.3 Å². The molecule has 1 fully saturated rings. The molecule has 8 heteroatoms. The molecule has 1 aliphatic carbocycles. The second-order valence-corrected chi connectivity index (χ2v) is 11.1. The summed E-state index contributed by atoms with van der Waals surface area (Å²) < 4.78 is 38.9. The van der Waals surface area contributed by atoms with Crippen molar-refractivity contribution in [3.8, 4) is 28.3 Å². The third kappa shape index (κ3) is 6.33. The molecule has 5 rings (SSSR count). The second-order valence-electron chi connectivity index (χ2n) is 11.1. The van der Waals surface area contributed by atoms with Crippen molar-refractivity contribution in [2.45, 2.75) is 77.6 Å². The van der Waals surface area contributed by atoms with Gasteiger partial charge in [-0.05, 0) is 69.7 Å². The van der Waals surface area contributed by atoms with Crippen LogP contribution >= 0.6 is 0 Å². The van der Waals surface area contributed by atoms with E-state index in [1.807, 2.05) is 32.9 Å². The summed E-state index contributed by atoms with van der Waals surface area (Å²) in [6.45, 7) is 7.49. The molecule has 210 valence electrons. The lowest BCUT2D eigenvalue weighted by molar-refractivity contribution is -0.163. The van der Waals surface area contributed by atoms with E-state index in [1.54, 1.807) is 18.2 Å². The predicted octanol–water partition coefficient (Wildman–Crippen LogP) is 7.31. The molecule has 0 bridgehead atoms. The number of halogens is 1. The van der Waals surface area contributed by atoms with Crippen LogP contribution in [0.3, 0.4) is 0 Å². The molecule has 0 amide bonds. The zero-order valence-electron chi connectivity index (χ0n) is 23.4. The minimum absolute atomic E-state index is 0.0992. The van der Waals surface area contributed by atoms with E-state index in [4.69, 9.17) is 18.6 Å². The Morgan fingerprint density at radius 1 is 1.05 bits per heavy atom. The molecule has 2 aromatic carbocycles. The zero-order valence-corrected chi connectivity index (χ0v) is 23.4. The summed E-state index contributed by atoms with van der Waals surface area (Å²) in [4.78, 5) is 21.0. The van der Waals surface area contributed by atoms with E-state index in [-0.39, 0.29) is 30.6 Å². The van der Waals surface area contributed by atoms with Crippen LogP contribution in [0, 0.1) is 5.82 Å². The van der Waals surface area contributed by atoms with Gasteiger partial charge in [-0.2, -0.15) is 0 Å². The fraction of sp³-hybridized carbons (Fsp3) is 0.406. The topological polar surface area (TPSA) is 83.7 Å². The molecule has 4 aromatic rings. The van der Waals surface area contributed by atoms with Crippen LogP contribution < -0.4 is 4.74 Å². The van der Waals surface area contributed by atoms with Gasteiger partial charge < -0.3 is 18.6 Å². The summed E-state index contributed by atoms with van der Waals surface area (Å²) >= 11 is 0. The lowest BCUT2D eigenvalue weighted by Crippen LogP contribution is -2.33. The largest absolute Gasteiger partial charge is 0.474 e. The maximum atomic E-state index is 15.0. The lowest BCUT2D eigenvalue weighted by atomic mass is 9.94. The first-order chi connectivity index (χ1) is 19.2. The van der Waals surface area contributed by atoms with Gasteiger partial charge in [0.15, 0.2) is 0 Å². The number of rotatable bonds is 8. The van der Waals surface area contributed by atoms with Crippen molar-refractivity contribution in [2.24, 2.45) is 0 Å². The fourth-order valence-corrected chi connectivity index (χ4v) is 5.09. The van der Waals surface area contributed by atoms with Gasteiger partial charge in [-0.15, -0.1) is 0 Å². The number of carbonyl (C=O) groups is 1. The summed E-state index contributed by atoms with van der Waals surface area (Å²) in [6, 6.07) is 14.6. The molecule has 0 saturated heterocycles. The first-order valence-electron chi connectivity index (χ1n) is 13.8. The van der Waals surface area contributed by atoms with Crippen molar-refractivity contribution in [3.05, 3.63) is 66.2 Å². The normalized spacial score (nSPS) is 17.6. The molecular formula is C32H35FN2O5. The molecule has 1 aliphatic rings. The zero-order chi connectivity index (χ0) is 28.3. The van der Waals surface area contributed by atoms with Crippen molar-refractivity contribution in [2.75, 3.05) is 6.61 Å². The minimum Gasteiger partial charge on any atom is -0.474 e. The van der Waals surface area contributed by atoms with Gasteiger partial charge in [-0.3, -0.25) is 0 Å². The van der Waals surface area contributed by atoms with Crippen molar-refractivity contribution in [3.63, 3.8) is 0 Å². The van der Waals surface area contributed by atoms with Crippen LogP contribution in [0.2, 0.25) is 0 Å². The van der Waals surface area contributed by atoms with Crippen LogP contribution in [0.15, 0.2) is 59.3 Å². The number of carbonyl (C=O) groups excluding carboxylic acids is 1. The summed E-state index contributed by atoms with van der Waals surface area (Å²) in [5.74, 6) is -0.0138. The van der Waals surface area contributed by atoms with Crippen LogP contribution in [0.5, 0.6) is 5.88 Å². The number of aromatic nitrogens is 2. The summed E-state index contributed by atoms with van der Waals surface area (Å²) in [5, 5.41) is 0.599. The number of hydrogen-bond acceptors (Lipinski definition) is 7. The van der Waals surface area contributed by atoms with E-state index < -0.39 is 5.60 Å². The molecule has 2 aromatic heterocycles. The maximum absolute atomic E-state index is 15.0. The molecule has 7 nitrogen and oxygen atoms in total. The first kappa shape index (κ1) is 27.8. The Morgan fingerprint density at radius 3 is 2.52 bits per heavy atom. The monoisotopic (exact) mass is 546 g/mol. The molecule has 0 aliphatic heterocycles. The summed E-state index contributed by atoms with van der Waals surface area (Å²) in [6.07, 6.45) is 5.12. The van der Waals surface area contributed by atoms with Gasteiger partial charge in [-0.25, -0.2) is 19.2 Å². The lowest BCUT2D eigenvalue weighted by Gasteiger charge is -2.29. The van der Waals surface area contributed by atoms with E-state index in [1.165, 1.54) is 18.0 Å². The summed E-state index contributed by atoms with van der Waals surface area (Å²) in [5.41, 5.74) is 2.84. The molecule has 2 atom stereocenters. The number of benzene rings is 2. The maximum Gasteiger partial charge on any atom is 0.332 e. The van der Waals surface area contributed by atoms with Crippen LogP contribution in [-0.2, 0) is 20.7 Å². The highest BCUT2D eigenvalue weighted by Gasteiger charge is 2.29. The molecule has 40 heavy (non-hydrogen) atoms. The molecule has 2 unspecified atom stereocenters. The van der Waals surface area contributed by atoms with Crippen molar-refractivity contribution in [1.82, 2.24) is 9.97 Å². The number of aryl methyl sites for hydroxylation is 1. The van der Waals surface area contributed by atoms with Crippen LogP contribution in [0.25, 0.3) is 33.6 Å². The van der Waals surface area contributed by atoms with Crippen LogP contribution in [0.4, 0.5) is 4.39 Å². The van der Waals surface area contributed by atoms with Crippen molar-refractivity contribution >= 4 is 17.1 Å². The molecule has 0 spiro atoms. The van der Waals surface area contributed by atoms with E-state index in [2.05, 4.69) is 29.0 Å².